The van der Waals surface area contributed by atoms with Crippen LogP contribution < -0.4 is 0 Å². The zero-order chi connectivity index (χ0) is 9.47. The third kappa shape index (κ3) is 1.42. The number of halogens is 2. The standard InChI is InChI=1S/C10H12Cl2O/c11-10(12)8-6-4-2-1-3-5-7(8)9(10)13/h1-2,7-8H,3-6H2. The smallest absolute Gasteiger partial charge is 0.179 e. The molecular formula is C10H12Cl2O. The Morgan fingerprint density at radius 3 is 2.54 bits per heavy atom. The molecule has 0 heterocycles. The molecule has 0 saturated heterocycles. The maximum Gasteiger partial charge on any atom is 0.179 e. The van der Waals surface area contributed by atoms with Crippen LogP contribution in [-0.4, -0.2) is 10.1 Å². The highest BCUT2D eigenvalue weighted by molar-refractivity contribution is 6.60. The van der Waals surface area contributed by atoms with E-state index in [1.807, 2.05) is 0 Å². The highest BCUT2D eigenvalue weighted by atomic mass is 35.5. The lowest BCUT2D eigenvalue weighted by molar-refractivity contribution is -0.136. The first kappa shape index (κ1) is 9.54. The van der Waals surface area contributed by atoms with E-state index in [4.69, 9.17) is 23.2 Å². The average Bonchev–Trinajstić information content (AvgIpc) is 2.03. The van der Waals surface area contributed by atoms with Crippen LogP contribution in [0.25, 0.3) is 0 Å². The van der Waals surface area contributed by atoms with Gasteiger partial charge in [0, 0.05) is 11.8 Å². The van der Waals surface area contributed by atoms with E-state index in [0.717, 1.165) is 25.7 Å². The Bertz CT molecular complexity index is 258. The molecule has 2 atom stereocenters. The van der Waals surface area contributed by atoms with Crippen molar-refractivity contribution in [2.45, 2.75) is 30.0 Å². The second-order valence-corrected chi connectivity index (χ2v) is 5.21. The van der Waals surface area contributed by atoms with Crippen molar-refractivity contribution in [1.82, 2.24) is 0 Å². The predicted octanol–water partition coefficient (Wildman–Crippen LogP) is 3.11. The van der Waals surface area contributed by atoms with Crippen molar-refractivity contribution in [1.29, 1.82) is 0 Å². The summed E-state index contributed by atoms with van der Waals surface area (Å²) in [5.41, 5.74) is 0. The van der Waals surface area contributed by atoms with E-state index in [0.29, 0.717) is 0 Å². The molecule has 2 aliphatic rings. The van der Waals surface area contributed by atoms with Gasteiger partial charge in [-0.2, -0.15) is 0 Å². The summed E-state index contributed by atoms with van der Waals surface area (Å²) in [6.45, 7) is 0. The van der Waals surface area contributed by atoms with Gasteiger partial charge in [-0.25, -0.2) is 0 Å². The lowest BCUT2D eigenvalue weighted by Gasteiger charge is -2.46. The second kappa shape index (κ2) is 3.29. The van der Waals surface area contributed by atoms with E-state index in [2.05, 4.69) is 12.2 Å². The molecule has 0 aromatic carbocycles. The van der Waals surface area contributed by atoms with E-state index in [1.54, 1.807) is 0 Å². The summed E-state index contributed by atoms with van der Waals surface area (Å²) in [5, 5.41) is 0. The molecule has 2 aliphatic carbocycles. The van der Waals surface area contributed by atoms with E-state index in [-0.39, 0.29) is 17.6 Å². The maximum absolute atomic E-state index is 11.5. The lowest BCUT2D eigenvalue weighted by Crippen LogP contribution is -2.56. The molecule has 3 heteroatoms. The van der Waals surface area contributed by atoms with Gasteiger partial charge >= 0.3 is 0 Å². The van der Waals surface area contributed by atoms with Crippen LogP contribution >= 0.6 is 23.2 Å². The highest BCUT2D eigenvalue weighted by Crippen LogP contribution is 2.53. The normalized spacial score (nSPS) is 37.2. The predicted molar refractivity (Wildman–Crippen MR) is 54.0 cm³/mol. The first-order valence-corrected chi connectivity index (χ1v) is 5.47. The van der Waals surface area contributed by atoms with Gasteiger partial charge in [0.05, 0.1) is 0 Å². The summed E-state index contributed by atoms with van der Waals surface area (Å²) < 4.78 is -1.07. The van der Waals surface area contributed by atoms with Crippen LogP contribution in [0.3, 0.4) is 0 Å². The van der Waals surface area contributed by atoms with Crippen LogP contribution in [0.2, 0.25) is 0 Å². The maximum atomic E-state index is 11.5. The second-order valence-electron chi connectivity index (χ2n) is 3.83. The number of hydrogen-bond acceptors (Lipinski definition) is 1. The van der Waals surface area contributed by atoms with Crippen molar-refractivity contribution in [3.63, 3.8) is 0 Å². The number of allylic oxidation sites excluding steroid dienone is 2. The third-order valence-corrected chi connectivity index (χ3v) is 4.01. The zero-order valence-electron chi connectivity index (χ0n) is 7.30. The Hall–Kier alpha value is -0.0100. The van der Waals surface area contributed by atoms with Crippen molar-refractivity contribution in [3.8, 4) is 0 Å². The van der Waals surface area contributed by atoms with Crippen molar-refractivity contribution in [3.05, 3.63) is 12.2 Å². The monoisotopic (exact) mass is 218 g/mol. The van der Waals surface area contributed by atoms with E-state index < -0.39 is 4.33 Å². The fraction of sp³-hybridized carbons (Fsp3) is 0.700. The van der Waals surface area contributed by atoms with Gasteiger partial charge in [-0.3, -0.25) is 4.79 Å². The molecule has 0 N–H and O–H groups in total. The van der Waals surface area contributed by atoms with Crippen molar-refractivity contribution < 1.29 is 4.79 Å². The summed E-state index contributed by atoms with van der Waals surface area (Å²) >= 11 is 11.9. The quantitative estimate of drug-likeness (QED) is 0.452. The summed E-state index contributed by atoms with van der Waals surface area (Å²) in [7, 11) is 0. The van der Waals surface area contributed by atoms with Crippen LogP contribution in [-0.2, 0) is 4.79 Å². The van der Waals surface area contributed by atoms with Crippen molar-refractivity contribution in [2.24, 2.45) is 11.8 Å². The van der Waals surface area contributed by atoms with Crippen LogP contribution in [0.1, 0.15) is 25.7 Å². The first-order valence-electron chi connectivity index (χ1n) is 4.71. The van der Waals surface area contributed by atoms with Gasteiger partial charge in [-0.1, -0.05) is 35.4 Å². The molecule has 72 valence electrons. The Morgan fingerprint density at radius 1 is 1.23 bits per heavy atom. The molecule has 0 spiro atoms. The number of hydrogen-bond donors (Lipinski definition) is 0. The van der Waals surface area contributed by atoms with Crippen molar-refractivity contribution >= 4 is 29.0 Å². The Morgan fingerprint density at radius 2 is 1.85 bits per heavy atom. The Balaban J connectivity index is 2.13. The van der Waals surface area contributed by atoms with Gasteiger partial charge in [0.2, 0.25) is 0 Å². The Kier molecular flexibility index (Phi) is 2.41. The molecule has 13 heavy (non-hydrogen) atoms. The minimum Gasteiger partial charge on any atom is -0.296 e. The van der Waals surface area contributed by atoms with Crippen LogP contribution in [0.15, 0.2) is 12.2 Å². The van der Waals surface area contributed by atoms with Crippen molar-refractivity contribution in [2.75, 3.05) is 0 Å². The van der Waals surface area contributed by atoms with Gasteiger partial charge in [0.25, 0.3) is 0 Å². The molecule has 2 unspecified atom stereocenters. The van der Waals surface area contributed by atoms with Gasteiger partial charge in [0.15, 0.2) is 10.1 Å². The highest BCUT2D eigenvalue weighted by Gasteiger charge is 2.59. The fourth-order valence-electron chi connectivity index (χ4n) is 2.27. The van der Waals surface area contributed by atoms with Gasteiger partial charge in [-0.05, 0) is 25.7 Å². The summed E-state index contributed by atoms with van der Waals surface area (Å²) in [4.78, 5) is 11.5. The van der Waals surface area contributed by atoms with E-state index in [9.17, 15) is 4.79 Å². The van der Waals surface area contributed by atoms with Crippen LogP contribution in [0.5, 0.6) is 0 Å². The van der Waals surface area contributed by atoms with E-state index in [1.165, 1.54) is 0 Å². The molecule has 0 radical (unpaired) electrons. The molecule has 1 nitrogen and oxygen atoms in total. The van der Waals surface area contributed by atoms with Crippen LogP contribution in [0, 0.1) is 11.8 Å². The largest absolute Gasteiger partial charge is 0.296 e. The number of carbonyl (C=O) groups is 1. The summed E-state index contributed by atoms with van der Waals surface area (Å²) in [5.74, 6) is 0.351. The molecule has 0 aromatic rings. The summed E-state index contributed by atoms with van der Waals surface area (Å²) in [6, 6.07) is 0. The minimum absolute atomic E-state index is 0.0381. The Labute approximate surface area is 88.1 Å². The topological polar surface area (TPSA) is 17.1 Å². The number of rotatable bonds is 0. The number of alkyl halides is 2. The third-order valence-electron chi connectivity index (χ3n) is 3.07. The number of ketones is 1. The molecular weight excluding hydrogens is 207 g/mol. The first-order chi connectivity index (χ1) is 6.14. The molecule has 0 bridgehead atoms. The fourth-order valence-corrected chi connectivity index (χ4v) is 3.07. The average molecular weight is 219 g/mol. The molecule has 0 amide bonds. The molecule has 0 aromatic heterocycles. The molecule has 1 saturated carbocycles. The molecule has 2 rings (SSSR count). The summed E-state index contributed by atoms with van der Waals surface area (Å²) in [6.07, 6.45) is 8.14. The molecule has 0 aliphatic heterocycles. The SMILES string of the molecule is O=C1C2CCC=CCCC2C1(Cl)Cl. The van der Waals surface area contributed by atoms with Gasteiger partial charge in [-0.15, -0.1) is 0 Å². The van der Waals surface area contributed by atoms with Crippen LogP contribution in [0.4, 0.5) is 0 Å². The number of carbonyl (C=O) groups excluding carboxylic acids is 1. The number of Topliss-reactive ketones (excluding diaryl/α,β-unsaturated/α-hetero) is 1. The lowest BCUT2D eigenvalue weighted by atomic mass is 9.66. The van der Waals surface area contributed by atoms with Gasteiger partial charge in [0.1, 0.15) is 0 Å². The van der Waals surface area contributed by atoms with Gasteiger partial charge < -0.3 is 0 Å². The number of fused-ring (bicyclic) bond motifs is 1. The minimum atomic E-state index is -1.07. The molecule has 1 fully saturated rings. The van der Waals surface area contributed by atoms with E-state index >= 15 is 0 Å². The zero-order valence-corrected chi connectivity index (χ0v) is 8.81.